The molecule has 1 fully saturated rings. The van der Waals surface area contributed by atoms with E-state index in [1.165, 1.54) is 22.2 Å². The monoisotopic (exact) mass is 259 g/mol. The van der Waals surface area contributed by atoms with Crippen molar-refractivity contribution in [1.29, 1.82) is 0 Å². The molecular formula is C10H14BrNS. The lowest BCUT2D eigenvalue weighted by Crippen LogP contribution is -2.29. The Hall–Kier alpha value is 0.140. The molecule has 0 aromatic carbocycles. The molecule has 1 nitrogen and oxygen atoms in total. The largest absolute Gasteiger partial charge is 0.327 e. The van der Waals surface area contributed by atoms with E-state index >= 15 is 0 Å². The van der Waals surface area contributed by atoms with E-state index in [4.69, 9.17) is 5.73 Å². The zero-order valence-corrected chi connectivity index (χ0v) is 10.1. The summed E-state index contributed by atoms with van der Waals surface area (Å²) in [5, 5.41) is 2.14. The molecule has 2 rings (SSSR count). The van der Waals surface area contributed by atoms with Gasteiger partial charge in [-0.2, -0.15) is 0 Å². The van der Waals surface area contributed by atoms with Gasteiger partial charge in [-0.25, -0.2) is 0 Å². The van der Waals surface area contributed by atoms with Crippen LogP contribution in [0.2, 0.25) is 0 Å². The molecule has 2 N–H and O–H groups in total. The van der Waals surface area contributed by atoms with Crippen LogP contribution in [0, 0.1) is 5.41 Å². The van der Waals surface area contributed by atoms with E-state index < -0.39 is 0 Å². The fourth-order valence-corrected chi connectivity index (χ4v) is 3.37. The standard InChI is InChI=1S/C10H14BrNS/c1-7(12)10(3-4-10)6-9-8(11)2-5-13-9/h2,5,7H,3-4,6,12H2,1H3. The Morgan fingerprint density at radius 1 is 1.69 bits per heavy atom. The summed E-state index contributed by atoms with van der Waals surface area (Å²) in [6, 6.07) is 2.46. The first-order valence-corrected chi connectivity index (χ1v) is 6.29. The minimum Gasteiger partial charge on any atom is -0.327 e. The second-order valence-electron chi connectivity index (χ2n) is 4.02. The summed E-state index contributed by atoms with van der Waals surface area (Å²) in [5.74, 6) is 0. The van der Waals surface area contributed by atoms with Crippen molar-refractivity contribution in [2.45, 2.75) is 32.2 Å². The Kier molecular flexibility index (Phi) is 2.51. The lowest BCUT2D eigenvalue weighted by molar-refractivity contribution is 0.421. The van der Waals surface area contributed by atoms with Crippen LogP contribution in [-0.2, 0) is 6.42 Å². The Morgan fingerprint density at radius 3 is 2.77 bits per heavy atom. The van der Waals surface area contributed by atoms with Crippen molar-refractivity contribution in [3.05, 3.63) is 20.8 Å². The topological polar surface area (TPSA) is 26.0 Å². The highest BCUT2D eigenvalue weighted by atomic mass is 79.9. The Balaban J connectivity index is 2.10. The SMILES string of the molecule is CC(N)C1(Cc2sccc2Br)CC1. The Labute approximate surface area is 91.5 Å². The van der Waals surface area contributed by atoms with Crippen LogP contribution >= 0.6 is 27.3 Å². The van der Waals surface area contributed by atoms with Crippen molar-refractivity contribution in [3.8, 4) is 0 Å². The van der Waals surface area contributed by atoms with E-state index in [-0.39, 0.29) is 0 Å². The molecule has 0 aliphatic heterocycles. The summed E-state index contributed by atoms with van der Waals surface area (Å²) in [6.07, 6.45) is 3.76. The van der Waals surface area contributed by atoms with Crippen LogP contribution in [0.25, 0.3) is 0 Å². The fourth-order valence-electron chi connectivity index (χ4n) is 1.72. The normalized spacial score (nSPS) is 21.5. The van der Waals surface area contributed by atoms with Gasteiger partial charge in [-0.1, -0.05) is 0 Å². The van der Waals surface area contributed by atoms with Gasteiger partial charge in [0.25, 0.3) is 0 Å². The van der Waals surface area contributed by atoms with Gasteiger partial charge in [0.05, 0.1) is 0 Å². The van der Waals surface area contributed by atoms with E-state index in [2.05, 4.69) is 34.3 Å². The fraction of sp³-hybridized carbons (Fsp3) is 0.600. The molecule has 3 heteroatoms. The summed E-state index contributed by atoms with van der Waals surface area (Å²) < 4.78 is 1.25. The molecule has 0 saturated heterocycles. The zero-order chi connectivity index (χ0) is 9.47. The second-order valence-corrected chi connectivity index (χ2v) is 5.87. The first-order chi connectivity index (χ1) is 6.14. The van der Waals surface area contributed by atoms with Crippen molar-refractivity contribution < 1.29 is 0 Å². The third-order valence-corrected chi connectivity index (χ3v) is 4.99. The molecule has 0 amide bonds. The van der Waals surface area contributed by atoms with Crippen LogP contribution in [0.15, 0.2) is 15.9 Å². The van der Waals surface area contributed by atoms with E-state index in [0.29, 0.717) is 11.5 Å². The molecular weight excluding hydrogens is 246 g/mol. The molecule has 1 saturated carbocycles. The van der Waals surface area contributed by atoms with Gasteiger partial charge in [0, 0.05) is 15.4 Å². The smallest absolute Gasteiger partial charge is 0.0314 e. The average molecular weight is 260 g/mol. The number of halogens is 1. The average Bonchev–Trinajstić information content (AvgIpc) is 2.74. The highest BCUT2D eigenvalue weighted by molar-refractivity contribution is 9.10. The van der Waals surface area contributed by atoms with Gasteiger partial charge in [-0.05, 0) is 59.0 Å². The summed E-state index contributed by atoms with van der Waals surface area (Å²) in [5.41, 5.74) is 6.41. The molecule has 0 spiro atoms. The predicted octanol–water partition coefficient (Wildman–Crippen LogP) is 3.18. The number of hydrogen-bond donors (Lipinski definition) is 1. The Bertz CT molecular complexity index is 302. The summed E-state index contributed by atoms with van der Waals surface area (Å²) in [4.78, 5) is 1.45. The van der Waals surface area contributed by atoms with Gasteiger partial charge >= 0.3 is 0 Å². The lowest BCUT2D eigenvalue weighted by atomic mass is 9.94. The minimum absolute atomic E-state index is 0.335. The minimum atomic E-state index is 0.335. The second kappa shape index (κ2) is 3.37. The molecule has 1 aliphatic carbocycles. The number of hydrogen-bond acceptors (Lipinski definition) is 2. The zero-order valence-electron chi connectivity index (χ0n) is 7.72. The highest BCUT2D eigenvalue weighted by Gasteiger charge is 2.46. The number of rotatable bonds is 3. The van der Waals surface area contributed by atoms with Crippen molar-refractivity contribution in [2.24, 2.45) is 11.1 Å². The molecule has 1 heterocycles. The van der Waals surface area contributed by atoms with Crippen LogP contribution < -0.4 is 5.73 Å². The third kappa shape index (κ3) is 1.83. The molecule has 72 valence electrons. The van der Waals surface area contributed by atoms with Gasteiger partial charge in [0.15, 0.2) is 0 Å². The first kappa shape index (κ1) is 9.69. The summed E-state index contributed by atoms with van der Waals surface area (Å²) in [6.45, 7) is 2.13. The molecule has 0 bridgehead atoms. The van der Waals surface area contributed by atoms with Crippen LogP contribution in [0.1, 0.15) is 24.6 Å². The summed E-state index contributed by atoms with van der Waals surface area (Å²) in [7, 11) is 0. The van der Waals surface area contributed by atoms with Crippen LogP contribution in [0.4, 0.5) is 0 Å². The maximum atomic E-state index is 5.99. The van der Waals surface area contributed by atoms with E-state index in [9.17, 15) is 0 Å². The maximum Gasteiger partial charge on any atom is 0.0314 e. The first-order valence-electron chi connectivity index (χ1n) is 4.61. The quantitative estimate of drug-likeness (QED) is 0.887. The highest BCUT2D eigenvalue weighted by Crippen LogP contribution is 2.51. The lowest BCUT2D eigenvalue weighted by Gasteiger charge is -2.18. The molecule has 1 aliphatic rings. The van der Waals surface area contributed by atoms with Gasteiger partial charge in [0.2, 0.25) is 0 Å². The third-order valence-electron chi connectivity index (χ3n) is 3.06. The van der Waals surface area contributed by atoms with Crippen molar-refractivity contribution in [2.75, 3.05) is 0 Å². The van der Waals surface area contributed by atoms with Gasteiger partial charge in [-0.15, -0.1) is 11.3 Å². The molecule has 1 atom stereocenters. The van der Waals surface area contributed by atoms with Crippen LogP contribution in [-0.4, -0.2) is 6.04 Å². The van der Waals surface area contributed by atoms with Crippen molar-refractivity contribution in [1.82, 2.24) is 0 Å². The molecule has 1 unspecified atom stereocenters. The van der Waals surface area contributed by atoms with E-state index in [1.807, 2.05) is 11.3 Å². The van der Waals surface area contributed by atoms with E-state index in [1.54, 1.807) is 0 Å². The number of nitrogens with two attached hydrogens (primary N) is 1. The maximum absolute atomic E-state index is 5.99. The Morgan fingerprint density at radius 2 is 2.38 bits per heavy atom. The van der Waals surface area contributed by atoms with Crippen molar-refractivity contribution in [3.63, 3.8) is 0 Å². The van der Waals surface area contributed by atoms with Gasteiger partial charge in [-0.3, -0.25) is 0 Å². The number of thiophene rings is 1. The van der Waals surface area contributed by atoms with Crippen LogP contribution in [0.5, 0.6) is 0 Å². The van der Waals surface area contributed by atoms with Crippen LogP contribution in [0.3, 0.4) is 0 Å². The van der Waals surface area contributed by atoms with E-state index in [0.717, 1.165) is 6.42 Å². The van der Waals surface area contributed by atoms with Crippen molar-refractivity contribution >= 4 is 27.3 Å². The molecule has 13 heavy (non-hydrogen) atoms. The van der Waals surface area contributed by atoms with Gasteiger partial charge in [0.1, 0.15) is 0 Å². The molecule has 0 radical (unpaired) electrons. The van der Waals surface area contributed by atoms with Gasteiger partial charge < -0.3 is 5.73 Å². The molecule has 1 aromatic rings. The summed E-state index contributed by atoms with van der Waals surface area (Å²) >= 11 is 5.40. The molecule has 1 aromatic heterocycles. The predicted molar refractivity (Wildman–Crippen MR) is 61.0 cm³/mol.